The minimum atomic E-state index is -3.66. The fraction of sp³-hybridized carbons (Fsp3) is 0.250. The Balaban J connectivity index is 2.20. The van der Waals surface area contributed by atoms with Crippen LogP contribution in [0, 0.1) is 0 Å². The van der Waals surface area contributed by atoms with E-state index in [0.717, 1.165) is 6.26 Å². The minimum Gasteiger partial charge on any atom is -0.284 e. The van der Waals surface area contributed by atoms with Gasteiger partial charge in [0.05, 0.1) is 11.1 Å². The van der Waals surface area contributed by atoms with Crippen molar-refractivity contribution in [2.24, 2.45) is 0 Å². The number of benzene rings is 1. The lowest BCUT2D eigenvalue weighted by molar-refractivity contribution is 0.566. The maximum absolute atomic E-state index is 12.0. The van der Waals surface area contributed by atoms with Crippen molar-refractivity contribution in [3.05, 3.63) is 42.2 Å². The van der Waals surface area contributed by atoms with Crippen LogP contribution in [0.2, 0.25) is 0 Å². The summed E-state index contributed by atoms with van der Waals surface area (Å²) in [7, 11) is -6.93. The highest BCUT2D eigenvalue weighted by molar-refractivity contribution is 7.90. The van der Waals surface area contributed by atoms with Crippen LogP contribution in [-0.4, -0.2) is 33.3 Å². The van der Waals surface area contributed by atoms with Gasteiger partial charge in [-0.25, -0.2) is 21.6 Å². The molecule has 1 atom stereocenters. The van der Waals surface area contributed by atoms with Crippen LogP contribution in [0.25, 0.3) is 0 Å². The van der Waals surface area contributed by atoms with Crippen molar-refractivity contribution in [3.63, 3.8) is 0 Å². The number of nitrogens with zero attached hydrogens (tertiary/aromatic N) is 1. The van der Waals surface area contributed by atoms with Crippen LogP contribution in [0.1, 0.15) is 18.5 Å². The second-order valence-corrected chi connectivity index (χ2v) is 8.35. The average molecular weight is 329 g/mol. The molecule has 1 unspecified atom stereocenters. The molecule has 21 heavy (non-hydrogen) atoms. The fourth-order valence-electron chi connectivity index (χ4n) is 1.76. The van der Waals surface area contributed by atoms with Crippen molar-refractivity contribution >= 4 is 19.9 Å². The molecule has 0 fully saturated rings. The molecule has 0 amide bonds. The number of hydrogen-bond donors (Lipinski definition) is 2. The van der Waals surface area contributed by atoms with Crippen LogP contribution >= 0.6 is 0 Å². The highest BCUT2D eigenvalue weighted by Crippen LogP contribution is 2.18. The van der Waals surface area contributed by atoms with Gasteiger partial charge < -0.3 is 0 Å². The number of aromatic amines is 1. The second-order valence-electron chi connectivity index (χ2n) is 4.62. The molecule has 1 heterocycles. The SMILES string of the molecule is CC(NS(=O)(=O)c1cn[nH]c1)c1ccc(S(C)(=O)=O)cc1. The molecule has 7 nitrogen and oxygen atoms in total. The molecule has 0 saturated heterocycles. The molecule has 2 aromatic rings. The molecule has 1 aromatic carbocycles. The van der Waals surface area contributed by atoms with E-state index >= 15 is 0 Å². The highest BCUT2D eigenvalue weighted by Gasteiger charge is 2.19. The van der Waals surface area contributed by atoms with Crippen molar-refractivity contribution in [3.8, 4) is 0 Å². The molecule has 0 aliphatic rings. The number of aromatic nitrogens is 2. The minimum absolute atomic E-state index is 0.0436. The van der Waals surface area contributed by atoms with Crippen LogP contribution in [0.3, 0.4) is 0 Å². The topological polar surface area (TPSA) is 109 Å². The maximum atomic E-state index is 12.0. The average Bonchev–Trinajstić information content (AvgIpc) is 2.92. The monoisotopic (exact) mass is 329 g/mol. The lowest BCUT2D eigenvalue weighted by Gasteiger charge is -2.14. The van der Waals surface area contributed by atoms with Crippen molar-refractivity contribution < 1.29 is 16.8 Å². The predicted octanol–water partition coefficient (Wildman–Crippen LogP) is 0.853. The predicted molar refractivity (Wildman–Crippen MR) is 76.9 cm³/mol. The summed E-state index contributed by atoms with van der Waals surface area (Å²) in [6, 6.07) is 5.57. The first-order valence-corrected chi connectivity index (χ1v) is 9.39. The quantitative estimate of drug-likeness (QED) is 0.845. The summed E-state index contributed by atoms with van der Waals surface area (Å²) in [4.78, 5) is 0.234. The molecule has 1 aromatic heterocycles. The molecule has 2 rings (SSSR count). The van der Waals surface area contributed by atoms with Crippen molar-refractivity contribution in [2.75, 3.05) is 6.26 Å². The Morgan fingerprint density at radius 2 is 1.71 bits per heavy atom. The van der Waals surface area contributed by atoms with E-state index in [9.17, 15) is 16.8 Å². The molecule has 114 valence electrons. The Bertz CT molecular complexity index is 810. The molecule has 0 bridgehead atoms. The van der Waals surface area contributed by atoms with Gasteiger partial charge in [0.25, 0.3) is 0 Å². The molecule has 0 aliphatic heterocycles. The Morgan fingerprint density at radius 3 is 2.19 bits per heavy atom. The van der Waals surface area contributed by atoms with Gasteiger partial charge >= 0.3 is 0 Å². The van der Waals surface area contributed by atoms with Gasteiger partial charge in [-0.3, -0.25) is 5.10 Å². The van der Waals surface area contributed by atoms with E-state index in [0.29, 0.717) is 5.56 Å². The van der Waals surface area contributed by atoms with Crippen molar-refractivity contribution in [1.29, 1.82) is 0 Å². The summed E-state index contributed by atoms with van der Waals surface area (Å²) in [5, 5.41) is 6.03. The van der Waals surface area contributed by atoms with E-state index in [2.05, 4.69) is 14.9 Å². The Morgan fingerprint density at radius 1 is 1.10 bits per heavy atom. The van der Waals surface area contributed by atoms with Crippen LogP contribution in [0.5, 0.6) is 0 Å². The molecule has 0 spiro atoms. The Labute approximate surface area is 123 Å². The third kappa shape index (κ3) is 3.69. The summed E-state index contributed by atoms with van der Waals surface area (Å²) < 4.78 is 49.3. The number of hydrogen-bond acceptors (Lipinski definition) is 5. The van der Waals surface area contributed by atoms with E-state index in [1.165, 1.54) is 24.5 Å². The summed E-state index contributed by atoms with van der Waals surface area (Å²) >= 11 is 0. The van der Waals surface area contributed by atoms with E-state index < -0.39 is 25.9 Å². The highest BCUT2D eigenvalue weighted by atomic mass is 32.2. The second kappa shape index (κ2) is 5.58. The van der Waals surface area contributed by atoms with E-state index in [1.54, 1.807) is 19.1 Å². The zero-order chi connectivity index (χ0) is 15.7. The molecule has 0 saturated carbocycles. The van der Waals surface area contributed by atoms with Gasteiger partial charge in [0.15, 0.2) is 9.84 Å². The van der Waals surface area contributed by atoms with Gasteiger partial charge in [-0.05, 0) is 24.6 Å². The third-order valence-electron chi connectivity index (χ3n) is 2.92. The first-order valence-electron chi connectivity index (χ1n) is 6.01. The molecule has 9 heteroatoms. The number of nitrogens with one attached hydrogen (secondary N) is 2. The van der Waals surface area contributed by atoms with Gasteiger partial charge in [-0.2, -0.15) is 5.10 Å². The van der Waals surface area contributed by atoms with Crippen LogP contribution in [0.4, 0.5) is 0 Å². The first-order chi connectivity index (χ1) is 9.70. The van der Waals surface area contributed by atoms with Gasteiger partial charge in [0.2, 0.25) is 10.0 Å². The maximum Gasteiger partial charge on any atom is 0.244 e. The van der Waals surface area contributed by atoms with E-state index in [1.807, 2.05) is 0 Å². The zero-order valence-corrected chi connectivity index (χ0v) is 13.1. The lowest BCUT2D eigenvalue weighted by Crippen LogP contribution is -2.26. The van der Waals surface area contributed by atoms with E-state index in [4.69, 9.17) is 0 Å². The largest absolute Gasteiger partial charge is 0.284 e. The Hall–Kier alpha value is -1.71. The summed E-state index contributed by atoms with van der Waals surface area (Å²) in [5.41, 5.74) is 0.662. The van der Waals surface area contributed by atoms with Gasteiger partial charge in [-0.15, -0.1) is 0 Å². The van der Waals surface area contributed by atoms with Gasteiger partial charge in [0.1, 0.15) is 4.90 Å². The number of sulfonamides is 1. The molecule has 0 radical (unpaired) electrons. The smallest absolute Gasteiger partial charge is 0.244 e. The standard InChI is InChI=1S/C12H15N3O4S2/c1-9(15-21(18,19)12-7-13-14-8-12)10-3-5-11(6-4-10)20(2,16)17/h3-9,15H,1-2H3,(H,13,14). The van der Waals surface area contributed by atoms with E-state index in [-0.39, 0.29) is 9.79 Å². The van der Waals surface area contributed by atoms with Gasteiger partial charge in [-0.1, -0.05) is 12.1 Å². The normalized spacial score (nSPS) is 14.0. The van der Waals surface area contributed by atoms with Crippen LogP contribution < -0.4 is 4.72 Å². The number of H-pyrrole nitrogens is 1. The summed E-state index contributed by atoms with van der Waals surface area (Å²) in [5.74, 6) is 0. The van der Waals surface area contributed by atoms with Crippen LogP contribution in [0.15, 0.2) is 46.5 Å². The molecule has 2 N–H and O–H groups in total. The number of rotatable bonds is 5. The first kappa shape index (κ1) is 15.7. The fourth-order valence-corrected chi connectivity index (χ4v) is 3.53. The van der Waals surface area contributed by atoms with Gasteiger partial charge in [0, 0.05) is 18.5 Å². The Kier molecular flexibility index (Phi) is 4.17. The molecular weight excluding hydrogens is 314 g/mol. The van der Waals surface area contributed by atoms with Crippen molar-refractivity contribution in [2.45, 2.75) is 22.8 Å². The van der Waals surface area contributed by atoms with Crippen LogP contribution in [-0.2, 0) is 19.9 Å². The molecule has 0 aliphatic carbocycles. The summed E-state index contributed by atoms with van der Waals surface area (Å²) in [6.45, 7) is 1.67. The lowest BCUT2D eigenvalue weighted by atomic mass is 10.1. The zero-order valence-electron chi connectivity index (χ0n) is 11.4. The van der Waals surface area contributed by atoms with Crippen molar-refractivity contribution in [1.82, 2.24) is 14.9 Å². The molecular formula is C12H15N3O4S2. The third-order valence-corrected chi connectivity index (χ3v) is 5.56. The summed E-state index contributed by atoms with van der Waals surface area (Å²) in [6.07, 6.45) is 3.61. The number of sulfone groups is 1.